The summed E-state index contributed by atoms with van der Waals surface area (Å²) in [6.07, 6.45) is 3.61. The standard InChI is InChI=1S/C15H20BNO2/c1-5-14(16(2)18-4)11-15(17-3)19-12-13-9-7-6-8-10-13/h5-11H,1,12H2,2-4H3/b14-11+,17-15?. The first-order valence-corrected chi connectivity index (χ1v) is 6.21. The van der Waals surface area contributed by atoms with Crippen LogP contribution in [0, 0.1) is 0 Å². The second-order valence-electron chi connectivity index (χ2n) is 4.06. The third-order valence-electron chi connectivity index (χ3n) is 2.80. The van der Waals surface area contributed by atoms with Gasteiger partial charge in [-0.25, -0.2) is 0 Å². The summed E-state index contributed by atoms with van der Waals surface area (Å²) >= 11 is 0. The summed E-state index contributed by atoms with van der Waals surface area (Å²) < 4.78 is 10.9. The van der Waals surface area contributed by atoms with Crippen LogP contribution in [0.15, 0.2) is 59.5 Å². The molecule has 1 rings (SSSR count). The van der Waals surface area contributed by atoms with E-state index in [1.807, 2.05) is 43.2 Å². The molecule has 0 spiro atoms. The summed E-state index contributed by atoms with van der Waals surface area (Å²) in [5.74, 6) is 0.572. The summed E-state index contributed by atoms with van der Waals surface area (Å²) in [7, 11) is 3.37. The van der Waals surface area contributed by atoms with Crippen molar-refractivity contribution < 1.29 is 9.39 Å². The fraction of sp³-hybridized carbons (Fsp3) is 0.267. The van der Waals surface area contributed by atoms with Crippen LogP contribution >= 0.6 is 0 Å². The zero-order valence-electron chi connectivity index (χ0n) is 11.8. The average Bonchev–Trinajstić information content (AvgIpc) is 2.48. The molecule has 4 heteroatoms. The molecule has 0 heterocycles. The van der Waals surface area contributed by atoms with Crippen LogP contribution in [0.1, 0.15) is 5.56 Å². The van der Waals surface area contributed by atoms with Gasteiger partial charge in [0.2, 0.25) is 5.90 Å². The Morgan fingerprint density at radius 3 is 2.58 bits per heavy atom. The lowest BCUT2D eigenvalue weighted by Gasteiger charge is -2.09. The number of nitrogens with zero attached hydrogens (tertiary/aromatic N) is 1. The first-order valence-electron chi connectivity index (χ1n) is 6.21. The Morgan fingerprint density at radius 2 is 2.05 bits per heavy atom. The van der Waals surface area contributed by atoms with Crippen molar-refractivity contribution in [3.8, 4) is 0 Å². The van der Waals surface area contributed by atoms with Crippen LogP contribution in [0.25, 0.3) is 0 Å². The molecule has 19 heavy (non-hydrogen) atoms. The second kappa shape index (κ2) is 8.32. The monoisotopic (exact) mass is 257 g/mol. The third kappa shape index (κ3) is 5.14. The molecule has 0 radical (unpaired) electrons. The average molecular weight is 257 g/mol. The van der Waals surface area contributed by atoms with Gasteiger partial charge in [-0.2, -0.15) is 0 Å². The largest absolute Gasteiger partial charge is 0.473 e. The van der Waals surface area contributed by atoms with E-state index in [2.05, 4.69) is 11.6 Å². The highest BCUT2D eigenvalue weighted by Gasteiger charge is 2.11. The first-order chi connectivity index (χ1) is 9.21. The van der Waals surface area contributed by atoms with Gasteiger partial charge in [0.25, 0.3) is 0 Å². The molecule has 1 aromatic rings. The molecule has 0 unspecified atom stereocenters. The summed E-state index contributed by atoms with van der Waals surface area (Å²) in [5.41, 5.74) is 2.05. The van der Waals surface area contributed by atoms with Crippen LogP contribution in [0.3, 0.4) is 0 Å². The van der Waals surface area contributed by atoms with Gasteiger partial charge in [-0.1, -0.05) is 49.8 Å². The van der Waals surface area contributed by atoms with Crippen molar-refractivity contribution in [1.29, 1.82) is 0 Å². The van der Waals surface area contributed by atoms with Gasteiger partial charge in [0, 0.05) is 14.2 Å². The van der Waals surface area contributed by atoms with E-state index in [0.29, 0.717) is 12.5 Å². The topological polar surface area (TPSA) is 30.8 Å². The van der Waals surface area contributed by atoms with Crippen molar-refractivity contribution in [1.82, 2.24) is 0 Å². The minimum atomic E-state index is -0.0328. The van der Waals surface area contributed by atoms with Crippen LogP contribution in [0.5, 0.6) is 0 Å². The van der Waals surface area contributed by atoms with Gasteiger partial charge in [0.05, 0.1) is 0 Å². The van der Waals surface area contributed by atoms with E-state index in [-0.39, 0.29) is 6.92 Å². The number of rotatable bonds is 6. The molecule has 0 aliphatic rings. The molecule has 100 valence electrons. The SMILES string of the molecule is C=C/C(=C\C(=NC)OCc1ccccc1)B(C)OC. The smallest absolute Gasteiger partial charge is 0.323 e. The van der Waals surface area contributed by atoms with Gasteiger partial charge < -0.3 is 9.39 Å². The van der Waals surface area contributed by atoms with Crippen molar-refractivity contribution in [2.75, 3.05) is 14.2 Å². The van der Waals surface area contributed by atoms with E-state index in [4.69, 9.17) is 9.39 Å². The predicted octanol–water partition coefficient (Wildman–Crippen LogP) is 3.15. The number of benzene rings is 1. The number of hydrogen-bond donors (Lipinski definition) is 0. The highest BCUT2D eigenvalue weighted by Crippen LogP contribution is 2.06. The lowest BCUT2D eigenvalue weighted by Crippen LogP contribution is -2.15. The van der Waals surface area contributed by atoms with Crippen LogP contribution in [-0.2, 0) is 16.0 Å². The molecule has 0 fully saturated rings. The van der Waals surface area contributed by atoms with Crippen molar-refractivity contribution in [2.45, 2.75) is 13.4 Å². The molecule has 0 atom stereocenters. The molecule has 0 aliphatic heterocycles. The van der Waals surface area contributed by atoms with Crippen molar-refractivity contribution in [3.05, 3.63) is 60.1 Å². The van der Waals surface area contributed by atoms with E-state index in [0.717, 1.165) is 11.0 Å². The van der Waals surface area contributed by atoms with Crippen LogP contribution in [-0.4, -0.2) is 27.0 Å². The van der Waals surface area contributed by atoms with Gasteiger partial charge in [-0.05, 0) is 17.1 Å². The van der Waals surface area contributed by atoms with Crippen molar-refractivity contribution in [2.24, 2.45) is 4.99 Å². The van der Waals surface area contributed by atoms with E-state index in [1.54, 1.807) is 20.2 Å². The zero-order valence-corrected chi connectivity index (χ0v) is 11.8. The van der Waals surface area contributed by atoms with Crippen molar-refractivity contribution in [3.63, 3.8) is 0 Å². The van der Waals surface area contributed by atoms with Crippen LogP contribution in [0.2, 0.25) is 6.82 Å². The van der Waals surface area contributed by atoms with E-state index in [1.165, 1.54) is 0 Å². The predicted molar refractivity (Wildman–Crippen MR) is 81.5 cm³/mol. The maximum atomic E-state index is 5.67. The number of ether oxygens (including phenoxy) is 1. The van der Waals surface area contributed by atoms with Gasteiger partial charge in [0.1, 0.15) is 6.61 Å². The normalized spacial score (nSPS) is 12.2. The Morgan fingerprint density at radius 1 is 1.37 bits per heavy atom. The summed E-state index contributed by atoms with van der Waals surface area (Å²) in [5, 5.41) is 0. The van der Waals surface area contributed by atoms with Crippen LogP contribution in [0.4, 0.5) is 0 Å². The Hall–Kier alpha value is -1.81. The quantitative estimate of drug-likeness (QED) is 0.339. The minimum Gasteiger partial charge on any atom is -0.473 e. The third-order valence-corrected chi connectivity index (χ3v) is 2.80. The summed E-state index contributed by atoms with van der Waals surface area (Å²) in [4.78, 5) is 4.12. The molecule has 0 saturated heterocycles. The molecule has 0 amide bonds. The summed E-state index contributed by atoms with van der Waals surface area (Å²) in [6.45, 7) is 6.20. The molecule has 0 aromatic heterocycles. The van der Waals surface area contributed by atoms with Gasteiger partial charge in [0.15, 0.2) is 0 Å². The Labute approximate surface area is 115 Å². The molecule has 1 aromatic carbocycles. The number of aliphatic imine (C=N–C) groups is 1. The highest BCUT2D eigenvalue weighted by molar-refractivity contribution is 6.60. The van der Waals surface area contributed by atoms with Gasteiger partial charge >= 0.3 is 6.92 Å². The number of allylic oxidation sites excluding steroid dienone is 2. The van der Waals surface area contributed by atoms with Gasteiger partial charge in [-0.3, -0.25) is 4.99 Å². The minimum absolute atomic E-state index is 0.0328. The Bertz CT molecular complexity index is 454. The highest BCUT2D eigenvalue weighted by atomic mass is 16.5. The van der Waals surface area contributed by atoms with Crippen molar-refractivity contribution >= 4 is 12.8 Å². The molecule has 0 saturated carbocycles. The maximum absolute atomic E-state index is 5.67. The van der Waals surface area contributed by atoms with E-state index < -0.39 is 0 Å². The Balaban J connectivity index is 2.69. The lowest BCUT2D eigenvalue weighted by atomic mass is 9.63. The second-order valence-corrected chi connectivity index (χ2v) is 4.06. The first kappa shape index (κ1) is 15.3. The van der Waals surface area contributed by atoms with E-state index in [9.17, 15) is 0 Å². The Kier molecular flexibility index (Phi) is 6.68. The molecule has 0 bridgehead atoms. The zero-order chi connectivity index (χ0) is 14.1. The maximum Gasteiger partial charge on any atom is 0.323 e. The molecule has 0 N–H and O–H groups in total. The number of hydrogen-bond acceptors (Lipinski definition) is 3. The van der Waals surface area contributed by atoms with E-state index >= 15 is 0 Å². The summed E-state index contributed by atoms with van der Waals surface area (Å²) in [6, 6.07) is 9.99. The molecule has 0 aliphatic carbocycles. The molecule has 3 nitrogen and oxygen atoms in total. The fourth-order valence-electron chi connectivity index (χ4n) is 1.52. The fourth-order valence-corrected chi connectivity index (χ4v) is 1.52. The lowest BCUT2D eigenvalue weighted by molar-refractivity contribution is 0.294. The van der Waals surface area contributed by atoms with Gasteiger partial charge in [-0.15, -0.1) is 0 Å². The molecular formula is C15H20BNO2. The van der Waals surface area contributed by atoms with Crippen LogP contribution < -0.4 is 0 Å². The molecular weight excluding hydrogens is 237 g/mol.